The average Bonchev–Trinajstić information content (AvgIpc) is 3.12. The average molecular weight is 328 g/mol. The third-order valence-electron chi connectivity index (χ3n) is 4.35. The van der Waals surface area contributed by atoms with Gasteiger partial charge in [-0.25, -0.2) is 4.79 Å². The van der Waals surface area contributed by atoms with Crippen LogP contribution in [0.25, 0.3) is 0 Å². The van der Waals surface area contributed by atoms with Gasteiger partial charge in [-0.1, -0.05) is 6.07 Å². The van der Waals surface area contributed by atoms with Gasteiger partial charge in [-0.2, -0.15) is 0 Å². The number of likely N-dealkylation sites (tertiary alicyclic amines) is 1. The van der Waals surface area contributed by atoms with Crippen LogP contribution < -0.4 is 10.6 Å². The van der Waals surface area contributed by atoms with Crippen molar-refractivity contribution in [3.63, 3.8) is 0 Å². The molecule has 24 heavy (non-hydrogen) atoms. The van der Waals surface area contributed by atoms with Crippen LogP contribution in [0, 0.1) is 0 Å². The number of pyridine rings is 1. The first kappa shape index (κ1) is 16.5. The minimum absolute atomic E-state index is 0.135. The van der Waals surface area contributed by atoms with Crippen molar-refractivity contribution in [3.8, 4) is 0 Å². The Hall–Kier alpha value is -2.34. The summed E-state index contributed by atoms with van der Waals surface area (Å²) >= 11 is 0. The van der Waals surface area contributed by atoms with E-state index < -0.39 is 0 Å². The fraction of sp³-hybridized carbons (Fsp3) is 0.444. The van der Waals surface area contributed by atoms with Crippen LogP contribution in [-0.4, -0.2) is 35.0 Å². The lowest BCUT2D eigenvalue weighted by atomic mass is 10.0. The zero-order valence-electron chi connectivity index (χ0n) is 13.9. The van der Waals surface area contributed by atoms with Gasteiger partial charge < -0.3 is 15.1 Å². The molecule has 1 aliphatic heterocycles. The minimum Gasteiger partial charge on any atom is -0.467 e. The number of hydrogen-bond acceptors (Lipinski definition) is 4. The topological polar surface area (TPSA) is 70.4 Å². The Labute approximate surface area is 142 Å². The lowest BCUT2D eigenvalue weighted by Crippen LogP contribution is -2.48. The second kappa shape index (κ2) is 7.97. The summed E-state index contributed by atoms with van der Waals surface area (Å²) in [5.41, 5.74) is 1.09. The van der Waals surface area contributed by atoms with E-state index in [0.717, 1.165) is 43.9 Å². The summed E-state index contributed by atoms with van der Waals surface area (Å²) in [7, 11) is 0. The number of carbonyl (C=O) groups excluding carboxylic acids is 1. The first-order valence-electron chi connectivity index (χ1n) is 8.43. The van der Waals surface area contributed by atoms with Crippen molar-refractivity contribution >= 4 is 6.03 Å². The van der Waals surface area contributed by atoms with Gasteiger partial charge in [0.1, 0.15) is 5.76 Å². The van der Waals surface area contributed by atoms with E-state index in [1.165, 1.54) is 0 Å². The van der Waals surface area contributed by atoms with Gasteiger partial charge in [-0.15, -0.1) is 0 Å². The summed E-state index contributed by atoms with van der Waals surface area (Å²) < 4.78 is 5.30. The highest BCUT2D eigenvalue weighted by molar-refractivity contribution is 5.74. The number of nitrogens with one attached hydrogen (secondary N) is 2. The molecule has 0 radical (unpaired) electrons. The van der Waals surface area contributed by atoms with Gasteiger partial charge in [0.15, 0.2) is 0 Å². The van der Waals surface area contributed by atoms with Crippen LogP contribution in [0.3, 0.4) is 0 Å². The van der Waals surface area contributed by atoms with Gasteiger partial charge in [0.05, 0.1) is 18.0 Å². The molecule has 2 aromatic rings. The van der Waals surface area contributed by atoms with E-state index in [-0.39, 0.29) is 18.1 Å². The number of carbonyl (C=O) groups is 1. The summed E-state index contributed by atoms with van der Waals surface area (Å²) in [4.78, 5) is 18.8. The maximum Gasteiger partial charge on any atom is 0.315 e. The predicted octanol–water partition coefficient (Wildman–Crippen LogP) is 2.70. The number of hydrogen-bond donors (Lipinski definition) is 2. The van der Waals surface area contributed by atoms with Crippen LogP contribution in [0.4, 0.5) is 4.79 Å². The fourth-order valence-corrected chi connectivity index (χ4v) is 2.99. The Morgan fingerprint density at radius 1 is 1.33 bits per heavy atom. The number of amides is 2. The summed E-state index contributed by atoms with van der Waals surface area (Å²) in [6.45, 7) is 4.72. The highest BCUT2D eigenvalue weighted by Crippen LogP contribution is 2.14. The molecule has 0 aliphatic carbocycles. The normalized spacial score (nSPS) is 17.4. The standard InChI is InChI=1S/C18H24N4O2/c1-14(17-6-4-12-24-17)20-18(23)21-15-7-10-22(11-8-15)13-16-5-2-3-9-19-16/h2-6,9,12,14-15H,7-8,10-11,13H2,1H3,(H2,20,21,23)/t14-/m1/s1. The van der Waals surface area contributed by atoms with E-state index in [9.17, 15) is 4.79 Å². The number of aromatic nitrogens is 1. The largest absolute Gasteiger partial charge is 0.467 e. The van der Waals surface area contributed by atoms with E-state index in [4.69, 9.17) is 4.42 Å². The number of furan rings is 1. The lowest BCUT2D eigenvalue weighted by Gasteiger charge is -2.32. The summed E-state index contributed by atoms with van der Waals surface area (Å²) in [5, 5.41) is 5.98. The molecule has 0 bridgehead atoms. The van der Waals surface area contributed by atoms with Gasteiger partial charge >= 0.3 is 6.03 Å². The Morgan fingerprint density at radius 3 is 2.83 bits per heavy atom. The molecule has 0 spiro atoms. The molecule has 0 aromatic carbocycles. The Balaban J connectivity index is 1.39. The molecule has 2 amide bonds. The van der Waals surface area contributed by atoms with E-state index in [1.54, 1.807) is 6.26 Å². The van der Waals surface area contributed by atoms with Crippen molar-refractivity contribution in [3.05, 3.63) is 54.2 Å². The number of nitrogens with zero attached hydrogens (tertiary/aromatic N) is 2. The number of rotatable bonds is 5. The van der Waals surface area contributed by atoms with Crippen molar-refractivity contribution in [2.45, 2.75) is 38.4 Å². The highest BCUT2D eigenvalue weighted by Gasteiger charge is 2.21. The molecule has 0 saturated carbocycles. The van der Waals surface area contributed by atoms with E-state index in [1.807, 2.05) is 43.5 Å². The predicted molar refractivity (Wildman–Crippen MR) is 91.3 cm³/mol. The van der Waals surface area contributed by atoms with Crippen LogP contribution in [0.2, 0.25) is 0 Å². The zero-order chi connectivity index (χ0) is 16.8. The third-order valence-corrected chi connectivity index (χ3v) is 4.35. The summed E-state index contributed by atoms with van der Waals surface area (Å²) in [6.07, 6.45) is 5.35. The molecule has 2 N–H and O–H groups in total. The Kier molecular flexibility index (Phi) is 5.48. The van der Waals surface area contributed by atoms with Crippen LogP contribution >= 0.6 is 0 Å². The van der Waals surface area contributed by atoms with Gasteiger partial charge in [-0.3, -0.25) is 9.88 Å². The first-order chi connectivity index (χ1) is 11.7. The van der Waals surface area contributed by atoms with E-state index in [0.29, 0.717) is 0 Å². The lowest BCUT2D eigenvalue weighted by molar-refractivity contribution is 0.184. The van der Waals surface area contributed by atoms with Crippen LogP contribution in [0.15, 0.2) is 47.2 Å². The molecule has 3 heterocycles. The van der Waals surface area contributed by atoms with Gasteiger partial charge in [-0.05, 0) is 44.0 Å². The first-order valence-corrected chi connectivity index (χ1v) is 8.43. The van der Waals surface area contributed by atoms with Crippen LogP contribution in [0.1, 0.15) is 37.3 Å². The van der Waals surface area contributed by atoms with Crippen molar-refractivity contribution in [2.75, 3.05) is 13.1 Å². The molecule has 2 aromatic heterocycles. The van der Waals surface area contributed by atoms with Gasteiger partial charge in [0.2, 0.25) is 0 Å². The second-order valence-corrected chi connectivity index (χ2v) is 6.23. The molecule has 0 unspecified atom stereocenters. The minimum atomic E-state index is -0.137. The maximum atomic E-state index is 12.1. The molecule has 1 fully saturated rings. The van der Waals surface area contributed by atoms with Crippen LogP contribution in [-0.2, 0) is 6.54 Å². The van der Waals surface area contributed by atoms with Crippen molar-refractivity contribution in [1.29, 1.82) is 0 Å². The molecule has 1 atom stereocenters. The maximum absolute atomic E-state index is 12.1. The van der Waals surface area contributed by atoms with Crippen LogP contribution in [0.5, 0.6) is 0 Å². The molecular formula is C18H24N4O2. The van der Waals surface area contributed by atoms with Crippen molar-refractivity contribution < 1.29 is 9.21 Å². The molecule has 1 aliphatic rings. The summed E-state index contributed by atoms with van der Waals surface area (Å²) in [6, 6.07) is 9.63. The smallest absolute Gasteiger partial charge is 0.315 e. The summed E-state index contributed by atoms with van der Waals surface area (Å²) in [5.74, 6) is 0.760. The zero-order valence-corrected chi connectivity index (χ0v) is 13.9. The van der Waals surface area contributed by atoms with Gasteiger partial charge in [0, 0.05) is 31.9 Å². The van der Waals surface area contributed by atoms with E-state index >= 15 is 0 Å². The molecule has 3 rings (SSSR count). The Bertz CT molecular complexity index is 622. The number of urea groups is 1. The van der Waals surface area contributed by atoms with Gasteiger partial charge in [0.25, 0.3) is 0 Å². The highest BCUT2D eigenvalue weighted by atomic mass is 16.3. The van der Waals surface area contributed by atoms with Crippen molar-refractivity contribution in [2.24, 2.45) is 0 Å². The molecular weight excluding hydrogens is 304 g/mol. The molecule has 6 nitrogen and oxygen atoms in total. The third kappa shape index (κ3) is 4.58. The van der Waals surface area contributed by atoms with E-state index in [2.05, 4.69) is 20.5 Å². The molecule has 6 heteroatoms. The Morgan fingerprint density at radius 2 is 2.17 bits per heavy atom. The SMILES string of the molecule is C[C@@H](NC(=O)NC1CCN(Cc2ccccn2)CC1)c1ccco1. The number of piperidine rings is 1. The second-order valence-electron chi connectivity index (χ2n) is 6.23. The molecule has 128 valence electrons. The quantitative estimate of drug-likeness (QED) is 0.885. The fourth-order valence-electron chi connectivity index (χ4n) is 2.99. The molecule has 1 saturated heterocycles. The monoisotopic (exact) mass is 328 g/mol. The van der Waals surface area contributed by atoms with Crippen molar-refractivity contribution in [1.82, 2.24) is 20.5 Å².